The molecule has 2 aliphatic rings. The van der Waals surface area contributed by atoms with Crippen LogP contribution in [-0.4, -0.2) is 36.5 Å². The molecule has 0 unspecified atom stereocenters. The zero-order valence-corrected chi connectivity index (χ0v) is 16.1. The summed E-state index contributed by atoms with van der Waals surface area (Å²) in [5.41, 5.74) is 3.52. The van der Waals surface area contributed by atoms with Crippen molar-refractivity contribution >= 4 is 17.3 Å². The van der Waals surface area contributed by atoms with Gasteiger partial charge in [-0.25, -0.2) is 0 Å². The number of rotatable bonds is 6. The van der Waals surface area contributed by atoms with E-state index >= 15 is 0 Å². The molecule has 1 amide bonds. The summed E-state index contributed by atoms with van der Waals surface area (Å²) in [6.45, 7) is 6.46. The van der Waals surface area contributed by atoms with E-state index in [0.717, 1.165) is 44.0 Å². The van der Waals surface area contributed by atoms with Crippen LogP contribution in [-0.2, 0) is 11.3 Å². The highest BCUT2D eigenvalue weighted by atomic mass is 16.2. The minimum atomic E-state index is 0.243. The monoisotopic (exact) mass is 363 g/mol. The molecule has 2 aliphatic heterocycles. The molecule has 0 saturated carbocycles. The van der Waals surface area contributed by atoms with Crippen LogP contribution in [0.1, 0.15) is 31.7 Å². The number of nitrogens with one attached hydrogen (secondary N) is 1. The van der Waals surface area contributed by atoms with Crippen molar-refractivity contribution in [3.05, 3.63) is 60.2 Å². The molecule has 4 heteroatoms. The lowest BCUT2D eigenvalue weighted by Crippen LogP contribution is -2.29. The van der Waals surface area contributed by atoms with Crippen LogP contribution in [0.4, 0.5) is 11.4 Å². The number of carbonyl (C=O) groups is 1. The molecule has 0 aliphatic carbocycles. The van der Waals surface area contributed by atoms with Crippen LogP contribution in [0.5, 0.6) is 0 Å². The average molecular weight is 364 g/mol. The molecule has 0 spiro atoms. The standard InChI is InChI=1S/C23H29N3O/c1-18(20-12-14-25(17-20)16-19-7-3-2-4-8-19)24-21-9-5-10-22(15-21)26-13-6-11-23(26)27/h2-5,7-10,15,18,20,24H,6,11-14,16-17H2,1H3/t18-,20-/m1/s1. The van der Waals surface area contributed by atoms with Crippen molar-refractivity contribution in [3.63, 3.8) is 0 Å². The lowest BCUT2D eigenvalue weighted by molar-refractivity contribution is -0.117. The van der Waals surface area contributed by atoms with E-state index in [1.54, 1.807) is 0 Å². The summed E-state index contributed by atoms with van der Waals surface area (Å²) < 4.78 is 0. The Morgan fingerprint density at radius 3 is 2.74 bits per heavy atom. The fourth-order valence-electron chi connectivity index (χ4n) is 4.32. The van der Waals surface area contributed by atoms with Crippen LogP contribution in [0, 0.1) is 5.92 Å². The van der Waals surface area contributed by atoms with Crippen LogP contribution in [0.2, 0.25) is 0 Å². The highest BCUT2D eigenvalue weighted by Gasteiger charge is 2.27. The van der Waals surface area contributed by atoms with Crippen molar-refractivity contribution in [1.29, 1.82) is 0 Å². The van der Waals surface area contributed by atoms with Gasteiger partial charge in [-0.15, -0.1) is 0 Å². The van der Waals surface area contributed by atoms with Gasteiger partial charge in [-0.05, 0) is 56.0 Å². The average Bonchev–Trinajstić information content (AvgIpc) is 3.32. The molecule has 27 heavy (non-hydrogen) atoms. The molecule has 2 saturated heterocycles. The minimum Gasteiger partial charge on any atom is -0.382 e. The van der Waals surface area contributed by atoms with Gasteiger partial charge in [0.1, 0.15) is 0 Å². The molecule has 4 rings (SSSR count). The van der Waals surface area contributed by atoms with Crippen LogP contribution in [0.3, 0.4) is 0 Å². The maximum Gasteiger partial charge on any atom is 0.227 e. The molecule has 0 aromatic heterocycles. The first-order valence-electron chi connectivity index (χ1n) is 10.1. The Morgan fingerprint density at radius 2 is 1.96 bits per heavy atom. The maximum atomic E-state index is 12.0. The number of carbonyl (C=O) groups excluding carboxylic acids is 1. The van der Waals surface area contributed by atoms with E-state index in [4.69, 9.17) is 0 Å². The topological polar surface area (TPSA) is 35.6 Å². The minimum absolute atomic E-state index is 0.243. The highest BCUT2D eigenvalue weighted by Crippen LogP contribution is 2.27. The predicted molar refractivity (Wildman–Crippen MR) is 111 cm³/mol. The van der Waals surface area contributed by atoms with Crippen molar-refractivity contribution in [3.8, 4) is 0 Å². The molecule has 2 heterocycles. The second-order valence-corrected chi connectivity index (χ2v) is 7.90. The van der Waals surface area contributed by atoms with Crippen LogP contribution >= 0.6 is 0 Å². The van der Waals surface area contributed by atoms with Gasteiger partial charge in [0.15, 0.2) is 0 Å². The van der Waals surface area contributed by atoms with Crippen LogP contribution < -0.4 is 10.2 Å². The summed E-state index contributed by atoms with van der Waals surface area (Å²) in [4.78, 5) is 16.5. The number of benzene rings is 2. The van der Waals surface area contributed by atoms with Gasteiger partial charge >= 0.3 is 0 Å². The lowest BCUT2D eigenvalue weighted by Gasteiger charge is -2.24. The van der Waals surface area contributed by atoms with E-state index in [-0.39, 0.29) is 5.91 Å². The molecule has 2 atom stereocenters. The Bertz CT molecular complexity index is 776. The molecule has 142 valence electrons. The Labute approximate surface area is 162 Å². The predicted octanol–water partition coefficient (Wildman–Crippen LogP) is 4.14. The van der Waals surface area contributed by atoms with Gasteiger partial charge in [0, 0.05) is 43.5 Å². The number of amides is 1. The molecule has 1 N–H and O–H groups in total. The summed E-state index contributed by atoms with van der Waals surface area (Å²) in [5.74, 6) is 0.887. The Balaban J connectivity index is 1.34. The van der Waals surface area contributed by atoms with Gasteiger partial charge in [0.05, 0.1) is 0 Å². The smallest absolute Gasteiger partial charge is 0.227 e. The maximum absolute atomic E-state index is 12.0. The molecule has 0 bridgehead atoms. The number of hydrogen-bond donors (Lipinski definition) is 1. The van der Waals surface area contributed by atoms with E-state index in [9.17, 15) is 4.79 Å². The third kappa shape index (κ3) is 4.33. The van der Waals surface area contributed by atoms with Crippen molar-refractivity contribution in [2.24, 2.45) is 5.92 Å². The van der Waals surface area contributed by atoms with E-state index in [1.165, 1.54) is 12.0 Å². The SMILES string of the molecule is C[C@@H](Nc1cccc(N2CCCC2=O)c1)[C@@H]1CCN(Cc2ccccc2)C1. The fourth-order valence-corrected chi connectivity index (χ4v) is 4.32. The molecule has 2 fully saturated rings. The summed E-state index contributed by atoms with van der Waals surface area (Å²) in [6.07, 6.45) is 2.87. The van der Waals surface area contributed by atoms with Gasteiger partial charge in [-0.3, -0.25) is 9.69 Å². The first kappa shape index (κ1) is 18.1. The van der Waals surface area contributed by atoms with Crippen molar-refractivity contribution < 1.29 is 4.79 Å². The second-order valence-electron chi connectivity index (χ2n) is 7.90. The highest BCUT2D eigenvalue weighted by molar-refractivity contribution is 5.95. The summed E-state index contributed by atoms with van der Waals surface area (Å²) in [5, 5.41) is 3.68. The van der Waals surface area contributed by atoms with Gasteiger partial charge in [-0.2, -0.15) is 0 Å². The van der Waals surface area contributed by atoms with E-state index in [2.05, 4.69) is 59.6 Å². The quantitative estimate of drug-likeness (QED) is 0.838. The van der Waals surface area contributed by atoms with Crippen LogP contribution in [0.15, 0.2) is 54.6 Å². The summed E-state index contributed by atoms with van der Waals surface area (Å²) in [7, 11) is 0. The zero-order chi connectivity index (χ0) is 18.6. The van der Waals surface area contributed by atoms with E-state index in [0.29, 0.717) is 18.4 Å². The fraction of sp³-hybridized carbons (Fsp3) is 0.435. The Kier molecular flexibility index (Phi) is 5.44. The lowest BCUT2D eigenvalue weighted by atomic mass is 10.0. The summed E-state index contributed by atoms with van der Waals surface area (Å²) >= 11 is 0. The first-order chi connectivity index (χ1) is 13.2. The zero-order valence-electron chi connectivity index (χ0n) is 16.1. The number of hydrogen-bond acceptors (Lipinski definition) is 3. The molecule has 2 aromatic carbocycles. The Hall–Kier alpha value is -2.33. The van der Waals surface area contributed by atoms with E-state index < -0.39 is 0 Å². The number of likely N-dealkylation sites (tertiary alicyclic amines) is 1. The van der Waals surface area contributed by atoms with Crippen molar-refractivity contribution in [1.82, 2.24) is 4.90 Å². The van der Waals surface area contributed by atoms with Crippen molar-refractivity contribution in [2.45, 2.75) is 38.8 Å². The molecule has 4 nitrogen and oxygen atoms in total. The third-order valence-corrected chi connectivity index (χ3v) is 5.89. The van der Waals surface area contributed by atoms with Gasteiger partial charge in [-0.1, -0.05) is 36.4 Å². The van der Waals surface area contributed by atoms with Crippen LogP contribution in [0.25, 0.3) is 0 Å². The molecular formula is C23H29N3O. The summed E-state index contributed by atoms with van der Waals surface area (Å²) in [6, 6.07) is 19.5. The molecular weight excluding hydrogens is 334 g/mol. The number of anilines is 2. The third-order valence-electron chi connectivity index (χ3n) is 5.89. The largest absolute Gasteiger partial charge is 0.382 e. The normalized spacial score (nSPS) is 21.6. The van der Waals surface area contributed by atoms with E-state index in [1.807, 2.05) is 17.0 Å². The van der Waals surface area contributed by atoms with Crippen molar-refractivity contribution in [2.75, 3.05) is 29.9 Å². The number of nitrogens with zero attached hydrogens (tertiary/aromatic N) is 2. The van der Waals surface area contributed by atoms with Gasteiger partial charge in [0.25, 0.3) is 0 Å². The molecule has 0 radical (unpaired) electrons. The second kappa shape index (κ2) is 8.13. The Morgan fingerprint density at radius 1 is 1.11 bits per heavy atom. The first-order valence-corrected chi connectivity index (χ1v) is 10.1. The van der Waals surface area contributed by atoms with Gasteiger partial charge < -0.3 is 10.2 Å². The van der Waals surface area contributed by atoms with Gasteiger partial charge in [0.2, 0.25) is 5.91 Å². The molecule has 2 aromatic rings.